The Morgan fingerprint density at radius 2 is 2.00 bits per heavy atom. The number of aromatic nitrogens is 2. The van der Waals surface area contributed by atoms with E-state index < -0.39 is 29.9 Å². The Morgan fingerprint density at radius 1 is 1.36 bits per heavy atom. The second kappa shape index (κ2) is 7.63. The van der Waals surface area contributed by atoms with Gasteiger partial charge in [-0.15, -0.1) is 0 Å². The lowest BCUT2D eigenvalue weighted by atomic mass is 10.1. The Kier molecular flexibility index (Phi) is 5.41. The topological polar surface area (TPSA) is 105 Å². The van der Waals surface area contributed by atoms with Crippen LogP contribution in [0.15, 0.2) is 29.1 Å². The zero-order valence-electron chi connectivity index (χ0n) is 15.1. The lowest BCUT2D eigenvalue weighted by Gasteiger charge is -2.31. The standard InChI is InChI=1S/C18H20F3N5O2/c1-10(11-3-5-12(6-4-11)18(19,20)21)23-15-14(13(22)9-27)16(28)25-17(24-15)26-7-2-8-26/h3-6,10,22,27H,2,7-9H2,1H3,(H2,23,24,25,28)/t10-/m0/s1. The van der Waals surface area contributed by atoms with Crippen molar-refractivity contribution in [2.24, 2.45) is 0 Å². The molecule has 0 amide bonds. The first-order valence-electron chi connectivity index (χ1n) is 8.72. The third-order valence-electron chi connectivity index (χ3n) is 4.61. The number of rotatable bonds is 6. The molecule has 2 aromatic rings. The molecule has 0 radical (unpaired) electrons. The van der Waals surface area contributed by atoms with Gasteiger partial charge in [0.2, 0.25) is 5.95 Å². The smallest absolute Gasteiger partial charge is 0.390 e. The summed E-state index contributed by atoms with van der Waals surface area (Å²) >= 11 is 0. The Labute approximate surface area is 158 Å². The summed E-state index contributed by atoms with van der Waals surface area (Å²) in [6.45, 7) is 2.56. The number of anilines is 2. The SMILES string of the molecule is C[C@H](Nc1nc(N2CCC2)[nH]c(=O)c1C(=N)CO)c1ccc(C(F)(F)F)cc1. The van der Waals surface area contributed by atoms with Gasteiger partial charge in [0, 0.05) is 19.1 Å². The number of hydrogen-bond donors (Lipinski definition) is 4. The fourth-order valence-electron chi connectivity index (χ4n) is 2.85. The van der Waals surface area contributed by atoms with Crippen LogP contribution in [-0.2, 0) is 6.18 Å². The molecule has 1 atom stereocenters. The van der Waals surface area contributed by atoms with Crippen molar-refractivity contribution in [1.82, 2.24) is 9.97 Å². The van der Waals surface area contributed by atoms with Crippen molar-refractivity contribution < 1.29 is 18.3 Å². The lowest BCUT2D eigenvalue weighted by Crippen LogP contribution is -2.40. The van der Waals surface area contributed by atoms with Gasteiger partial charge >= 0.3 is 6.18 Å². The van der Waals surface area contributed by atoms with E-state index in [1.54, 1.807) is 6.92 Å². The van der Waals surface area contributed by atoms with Gasteiger partial charge in [0.15, 0.2) is 0 Å². The molecule has 4 N–H and O–H groups in total. The van der Waals surface area contributed by atoms with Crippen LogP contribution in [-0.4, -0.2) is 40.5 Å². The van der Waals surface area contributed by atoms with E-state index in [4.69, 9.17) is 5.41 Å². The van der Waals surface area contributed by atoms with Gasteiger partial charge in [0.1, 0.15) is 11.4 Å². The molecule has 3 rings (SSSR count). The maximum Gasteiger partial charge on any atom is 0.416 e. The third-order valence-corrected chi connectivity index (χ3v) is 4.61. The number of hydrogen-bond acceptors (Lipinski definition) is 6. The van der Waals surface area contributed by atoms with E-state index >= 15 is 0 Å². The van der Waals surface area contributed by atoms with Gasteiger partial charge in [-0.05, 0) is 31.0 Å². The van der Waals surface area contributed by atoms with Crippen molar-refractivity contribution in [2.45, 2.75) is 25.6 Å². The third kappa shape index (κ3) is 4.01. The monoisotopic (exact) mass is 395 g/mol. The average Bonchev–Trinajstić information content (AvgIpc) is 2.59. The molecule has 1 fully saturated rings. The van der Waals surface area contributed by atoms with Crippen LogP contribution in [0.2, 0.25) is 0 Å². The van der Waals surface area contributed by atoms with Gasteiger partial charge in [0.25, 0.3) is 5.56 Å². The Balaban J connectivity index is 1.92. The van der Waals surface area contributed by atoms with Gasteiger partial charge in [0.05, 0.1) is 17.9 Å². The van der Waals surface area contributed by atoms with Gasteiger partial charge in [-0.1, -0.05) is 12.1 Å². The quantitative estimate of drug-likeness (QED) is 0.563. The summed E-state index contributed by atoms with van der Waals surface area (Å²) in [5.74, 6) is 0.463. The number of aliphatic hydroxyl groups is 1. The van der Waals surface area contributed by atoms with Crippen LogP contribution in [0.5, 0.6) is 0 Å². The molecule has 0 bridgehead atoms. The molecule has 28 heavy (non-hydrogen) atoms. The summed E-state index contributed by atoms with van der Waals surface area (Å²) in [6.07, 6.45) is -3.44. The first-order chi connectivity index (χ1) is 13.2. The summed E-state index contributed by atoms with van der Waals surface area (Å²) in [5, 5.41) is 20.1. The fourth-order valence-corrected chi connectivity index (χ4v) is 2.85. The van der Waals surface area contributed by atoms with Crippen molar-refractivity contribution in [3.8, 4) is 0 Å². The molecule has 1 aliphatic heterocycles. The number of alkyl halides is 3. The van der Waals surface area contributed by atoms with E-state index in [2.05, 4.69) is 15.3 Å². The molecule has 1 aliphatic rings. The highest BCUT2D eigenvalue weighted by atomic mass is 19.4. The lowest BCUT2D eigenvalue weighted by molar-refractivity contribution is -0.137. The molecule has 0 unspecified atom stereocenters. The van der Waals surface area contributed by atoms with E-state index in [0.29, 0.717) is 11.5 Å². The number of H-pyrrole nitrogens is 1. The number of benzene rings is 1. The van der Waals surface area contributed by atoms with Crippen LogP contribution in [0.3, 0.4) is 0 Å². The minimum atomic E-state index is -4.42. The Morgan fingerprint density at radius 3 is 2.50 bits per heavy atom. The molecule has 0 saturated carbocycles. The van der Waals surface area contributed by atoms with Gasteiger partial charge in [-0.25, -0.2) is 0 Å². The number of halogens is 3. The van der Waals surface area contributed by atoms with E-state index in [0.717, 1.165) is 31.6 Å². The summed E-state index contributed by atoms with van der Waals surface area (Å²) in [5.41, 5.74) is -1.14. The van der Waals surface area contributed by atoms with Crippen molar-refractivity contribution in [3.05, 3.63) is 51.3 Å². The van der Waals surface area contributed by atoms with Gasteiger partial charge < -0.3 is 20.7 Å². The van der Waals surface area contributed by atoms with Crippen LogP contribution in [0, 0.1) is 5.41 Å². The number of nitrogens with one attached hydrogen (secondary N) is 3. The molecule has 1 aromatic heterocycles. The molecule has 0 spiro atoms. The maximum atomic E-state index is 12.7. The second-order valence-electron chi connectivity index (χ2n) is 6.58. The highest BCUT2D eigenvalue weighted by Gasteiger charge is 2.30. The van der Waals surface area contributed by atoms with E-state index in [1.807, 2.05) is 4.90 Å². The van der Waals surface area contributed by atoms with Crippen LogP contribution in [0.4, 0.5) is 24.9 Å². The fraction of sp³-hybridized carbons (Fsp3) is 0.389. The number of aliphatic hydroxyl groups excluding tert-OH is 1. The number of aromatic amines is 1. The predicted molar refractivity (Wildman–Crippen MR) is 99.1 cm³/mol. The second-order valence-corrected chi connectivity index (χ2v) is 6.58. The van der Waals surface area contributed by atoms with Crippen molar-refractivity contribution in [3.63, 3.8) is 0 Å². The number of nitrogens with zero attached hydrogens (tertiary/aromatic N) is 2. The zero-order chi connectivity index (χ0) is 20.5. The molecule has 10 heteroatoms. The van der Waals surface area contributed by atoms with Crippen LogP contribution >= 0.6 is 0 Å². The zero-order valence-corrected chi connectivity index (χ0v) is 15.1. The molecule has 7 nitrogen and oxygen atoms in total. The summed E-state index contributed by atoms with van der Waals surface area (Å²) in [6, 6.07) is 4.19. The van der Waals surface area contributed by atoms with Crippen molar-refractivity contribution in [2.75, 3.05) is 29.9 Å². The molecule has 1 aromatic carbocycles. The summed E-state index contributed by atoms with van der Waals surface area (Å²) < 4.78 is 38.2. The minimum absolute atomic E-state index is 0.0921. The molecule has 2 heterocycles. The van der Waals surface area contributed by atoms with Crippen molar-refractivity contribution >= 4 is 17.5 Å². The van der Waals surface area contributed by atoms with E-state index in [-0.39, 0.29) is 17.1 Å². The molecule has 0 aliphatic carbocycles. The minimum Gasteiger partial charge on any atom is -0.390 e. The van der Waals surface area contributed by atoms with E-state index in [9.17, 15) is 23.1 Å². The molecule has 1 saturated heterocycles. The van der Waals surface area contributed by atoms with Crippen LogP contribution in [0.25, 0.3) is 0 Å². The molecular formula is C18H20F3N5O2. The Hall–Kier alpha value is -2.88. The average molecular weight is 395 g/mol. The normalized spacial score (nSPS) is 15.1. The summed E-state index contributed by atoms with van der Waals surface area (Å²) in [7, 11) is 0. The van der Waals surface area contributed by atoms with Crippen LogP contribution in [0.1, 0.15) is 36.1 Å². The van der Waals surface area contributed by atoms with E-state index in [1.165, 1.54) is 12.1 Å². The molecular weight excluding hydrogens is 375 g/mol. The van der Waals surface area contributed by atoms with Crippen LogP contribution < -0.4 is 15.8 Å². The largest absolute Gasteiger partial charge is 0.416 e. The first-order valence-corrected chi connectivity index (χ1v) is 8.72. The van der Waals surface area contributed by atoms with Crippen molar-refractivity contribution in [1.29, 1.82) is 5.41 Å². The Bertz CT molecular complexity index is 920. The first kappa shape index (κ1) is 19.9. The van der Waals surface area contributed by atoms with Gasteiger partial charge in [-0.2, -0.15) is 18.2 Å². The van der Waals surface area contributed by atoms with Gasteiger partial charge in [-0.3, -0.25) is 9.78 Å². The highest BCUT2D eigenvalue weighted by molar-refractivity contribution is 6.02. The highest BCUT2D eigenvalue weighted by Crippen LogP contribution is 2.30. The molecule has 150 valence electrons. The maximum absolute atomic E-state index is 12.7. The predicted octanol–water partition coefficient (Wildman–Crippen LogP) is 2.53. The summed E-state index contributed by atoms with van der Waals surface area (Å²) in [4.78, 5) is 21.3.